The summed E-state index contributed by atoms with van der Waals surface area (Å²) in [6.07, 6.45) is 4.44. The lowest BCUT2D eigenvalue weighted by Crippen LogP contribution is -2.32. The molecular weight excluding hydrogens is 221 g/mol. The van der Waals surface area contributed by atoms with Gasteiger partial charge in [0.25, 0.3) is 0 Å². The van der Waals surface area contributed by atoms with Gasteiger partial charge in [0.2, 0.25) is 6.08 Å². The number of aromatic hydroxyl groups is 1. The number of phenolic OH excluding ortho intramolecular Hbond substituents is 1. The highest BCUT2D eigenvalue weighted by Gasteiger charge is 2.41. The van der Waals surface area contributed by atoms with Gasteiger partial charge in [-0.15, -0.1) is 0 Å². The minimum absolute atomic E-state index is 0.388. The Morgan fingerprint density at radius 3 is 2.71 bits per heavy atom. The Labute approximate surface area is 99.0 Å². The predicted molar refractivity (Wildman–Crippen MR) is 61.1 cm³/mol. The zero-order valence-electron chi connectivity index (χ0n) is 9.66. The van der Waals surface area contributed by atoms with E-state index in [2.05, 4.69) is 4.99 Å². The highest BCUT2D eigenvalue weighted by Crippen LogP contribution is 2.48. The standard InChI is InChI=1S/C13H14FNO2/c1-2-9-6-10(12(17)11(14)7-9)13(15-8-16)4-3-5-13/h6-7,17H,2-5H2,1H3. The van der Waals surface area contributed by atoms with Crippen LogP contribution < -0.4 is 0 Å². The first-order valence-corrected chi connectivity index (χ1v) is 5.74. The van der Waals surface area contributed by atoms with Crippen molar-refractivity contribution in [2.75, 3.05) is 0 Å². The Balaban J connectivity index is 2.57. The van der Waals surface area contributed by atoms with Crippen molar-refractivity contribution in [2.45, 2.75) is 38.1 Å². The number of benzene rings is 1. The Morgan fingerprint density at radius 2 is 2.24 bits per heavy atom. The van der Waals surface area contributed by atoms with Crippen LogP contribution in [0.1, 0.15) is 37.3 Å². The van der Waals surface area contributed by atoms with Gasteiger partial charge in [-0.1, -0.05) is 6.92 Å². The van der Waals surface area contributed by atoms with Gasteiger partial charge >= 0.3 is 0 Å². The van der Waals surface area contributed by atoms with Crippen molar-refractivity contribution in [2.24, 2.45) is 4.99 Å². The molecule has 0 aliphatic heterocycles. The zero-order valence-corrected chi connectivity index (χ0v) is 9.66. The number of carbonyl (C=O) groups excluding carboxylic acids is 1. The van der Waals surface area contributed by atoms with E-state index in [1.54, 1.807) is 6.07 Å². The number of halogens is 1. The lowest BCUT2D eigenvalue weighted by atomic mass is 9.71. The van der Waals surface area contributed by atoms with Gasteiger partial charge in [0.15, 0.2) is 11.6 Å². The van der Waals surface area contributed by atoms with Crippen LogP contribution in [-0.2, 0) is 16.8 Å². The van der Waals surface area contributed by atoms with Crippen molar-refractivity contribution in [1.29, 1.82) is 0 Å². The van der Waals surface area contributed by atoms with Gasteiger partial charge in [0.1, 0.15) is 5.54 Å². The van der Waals surface area contributed by atoms with Crippen LogP contribution in [0.15, 0.2) is 17.1 Å². The molecule has 17 heavy (non-hydrogen) atoms. The monoisotopic (exact) mass is 235 g/mol. The largest absolute Gasteiger partial charge is 0.505 e. The minimum Gasteiger partial charge on any atom is -0.505 e. The van der Waals surface area contributed by atoms with Gasteiger partial charge in [-0.05, 0) is 43.4 Å². The average Bonchev–Trinajstić information content (AvgIpc) is 2.27. The molecule has 0 aromatic heterocycles. The molecule has 0 saturated heterocycles. The number of hydrogen-bond donors (Lipinski definition) is 1. The molecule has 2 rings (SSSR count). The fourth-order valence-corrected chi connectivity index (χ4v) is 2.25. The van der Waals surface area contributed by atoms with Crippen LogP contribution in [0.4, 0.5) is 4.39 Å². The topological polar surface area (TPSA) is 49.7 Å². The fourth-order valence-electron chi connectivity index (χ4n) is 2.25. The second-order valence-electron chi connectivity index (χ2n) is 4.42. The van der Waals surface area contributed by atoms with Crippen LogP contribution in [0.3, 0.4) is 0 Å². The summed E-state index contributed by atoms with van der Waals surface area (Å²) in [5, 5.41) is 9.78. The first kappa shape index (κ1) is 11.8. The van der Waals surface area contributed by atoms with E-state index < -0.39 is 11.4 Å². The van der Waals surface area contributed by atoms with E-state index in [0.29, 0.717) is 24.8 Å². The molecular formula is C13H14FNO2. The minimum atomic E-state index is -0.752. The van der Waals surface area contributed by atoms with Gasteiger partial charge in [-0.25, -0.2) is 9.18 Å². The summed E-state index contributed by atoms with van der Waals surface area (Å²) in [5.74, 6) is -1.03. The fraction of sp³-hybridized carbons (Fsp3) is 0.462. The second kappa shape index (κ2) is 4.30. The first-order chi connectivity index (χ1) is 8.13. The summed E-state index contributed by atoms with van der Waals surface area (Å²) in [4.78, 5) is 14.2. The molecule has 1 aromatic rings. The van der Waals surface area contributed by atoms with Crippen LogP contribution in [0.25, 0.3) is 0 Å². The lowest BCUT2D eigenvalue weighted by Gasteiger charge is -2.37. The highest BCUT2D eigenvalue weighted by atomic mass is 19.1. The van der Waals surface area contributed by atoms with E-state index in [-0.39, 0.29) is 5.75 Å². The summed E-state index contributed by atoms with van der Waals surface area (Å²) in [7, 11) is 0. The van der Waals surface area contributed by atoms with Crippen LogP contribution in [-0.4, -0.2) is 11.2 Å². The maximum Gasteiger partial charge on any atom is 0.235 e. The van der Waals surface area contributed by atoms with Crippen LogP contribution in [0.5, 0.6) is 5.75 Å². The third-order valence-corrected chi connectivity index (χ3v) is 3.47. The summed E-state index contributed by atoms with van der Waals surface area (Å²) >= 11 is 0. The predicted octanol–water partition coefficient (Wildman–Crippen LogP) is 2.81. The van der Waals surface area contributed by atoms with Crippen molar-refractivity contribution in [3.05, 3.63) is 29.1 Å². The maximum atomic E-state index is 13.6. The molecule has 0 heterocycles. The molecule has 1 aliphatic rings. The maximum absolute atomic E-state index is 13.6. The molecule has 0 radical (unpaired) electrons. The van der Waals surface area contributed by atoms with Gasteiger partial charge in [-0.2, -0.15) is 4.99 Å². The summed E-state index contributed by atoms with van der Waals surface area (Å²) in [6.45, 7) is 1.91. The molecule has 1 fully saturated rings. The van der Waals surface area contributed by atoms with Gasteiger partial charge < -0.3 is 5.11 Å². The Hall–Kier alpha value is -1.67. The molecule has 0 atom stereocenters. The van der Waals surface area contributed by atoms with Crippen LogP contribution in [0.2, 0.25) is 0 Å². The van der Waals surface area contributed by atoms with Gasteiger partial charge in [0.05, 0.1) is 0 Å². The average molecular weight is 235 g/mol. The number of rotatable bonds is 3. The van der Waals surface area contributed by atoms with Gasteiger partial charge in [0, 0.05) is 5.56 Å². The van der Waals surface area contributed by atoms with Crippen molar-refractivity contribution in [1.82, 2.24) is 0 Å². The number of aliphatic imine (C=N–C) groups is 1. The molecule has 0 spiro atoms. The molecule has 0 unspecified atom stereocenters. The highest BCUT2D eigenvalue weighted by molar-refractivity contribution is 5.47. The lowest BCUT2D eigenvalue weighted by molar-refractivity contribution is 0.245. The molecule has 1 aliphatic carbocycles. The van der Waals surface area contributed by atoms with E-state index in [4.69, 9.17) is 0 Å². The van der Waals surface area contributed by atoms with Crippen molar-refractivity contribution < 1.29 is 14.3 Å². The van der Waals surface area contributed by atoms with Crippen molar-refractivity contribution >= 4 is 6.08 Å². The molecule has 1 saturated carbocycles. The molecule has 4 heteroatoms. The number of aryl methyl sites for hydroxylation is 1. The third kappa shape index (κ3) is 1.85. The number of hydrogen-bond acceptors (Lipinski definition) is 3. The van der Waals surface area contributed by atoms with Crippen molar-refractivity contribution in [3.63, 3.8) is 0 Å². The Bertz CT molecular complexity index is 488. The first-order valence-electron chi connectivity index (χ1n) is 5.74. The number of nitrogens with zero attached hydrogens (tertiary/aromatic N) is 1. The summed E-state index contributed by atoms with van der Waals surface area (Å²) < 4.78 is 13.6. The van der Waals surface area contributed by atoms with Crippen LogP contribution in [0, 0.1) is 5.82 Å². The molecule has 0 amide bonds. The smallest absolute Gasteiger partial charge is 0.235 e. The van der Waals surface area contributed by atoms with E-state index in [1.807, 2.05) is 6.92 Å². The molecule has 1 N–H and O–H groups in total. The molecule has 3 nitrogen and oxygen atoms in total. The Kier molecular flexibility index (Phi) is 2.99. The normalized spacial score (nSPS) is 17.1. The van der Waals surface area contributed by atoms with Crippen LogP contribution >= 0.6 is 0 Å². The molecule has 0 bridgehead atoms. The number of isocyanates is 1. The van der Waals surface area contributed by atoms with E-state index in [0.717, 1.165) is 12.0 Å². The second-order valence-corrected chi connectivity index (χ2v) is 4.42. The van der Waals surface area contributed by atoms with Gasteiger partial charge in [-0.3, -0.25) is 0 Å². The van der Waals surface area contributed by atoms with Crippen molar-refractivity contribution in [3.8, 4) is 5.75 Å². The summed E-state index contributed by atoms with van der Waals surface area (Å²) in [6, 6.07) is 3.05. The zero-order chi connectivity index (χ0) is 12.5. The molecule has 90 valence electrons. The SMILES string of the molecule is CCc1cc(F)c(O)c(C2(N=C=O)CCC2)c1. The van der Waals surface area contributed by atoms with E-state index >= 15 is 0 Å². The van der Waals surface area contributed by atoms with E-state index in [1.165, 1.54) is 12.1 Å². The quantitative estimate of drug-likeness (QED) is 0.647. The Morgan fingerprint density at radius 1 is 1.53 bits per heavy atom. The molecule has 1 aromatic carbocycles. The summed E-state index contributed by atoms with van der Waals surface area (Å²) in [5.41, 5.74) is 0.462. The van der Waals surface area contributed by atoms with E-state index in [9.17, 15) is 14.3 Å². The number of phenols is 1. The third-order valence-electron chi connectivity index (χ3n) is 3.47.